The summed E-state index contributed by atoms with van der Waals surface area (Å²) in [6.07, 6.45) is 2.77. The first kappa shape index (κ1) is 12.0. The minimum atomic E-state index is 0.297. The number of ether oxygens (including phenoxy) is 1. The minimum absolute atomic E-state index is 0.297. The highest BCUT2D eigenvalue weighted by molar-refractivity contribution is 5.17. The lowest BCUT2D eigenvalue weighted by molar-refractivity contribution is 0.234. The third-order valence-corrected chi connectivity index (χ3v) is 2.12. The molecule has 0 radical (unpaired) electrons. The van der Waals surface area contributed by atoms with E-state index in [1.807, 2.05) is 13.8 Å². The summed E-state index contributed by atoms with van der Waals surface area (Å²) in [5.41, 5.74) is 2.05. The van der Waals surface area contributed by atoms with E-state index in [0.29, 0.717) is 17.9 Å². The molecule has 0 N–H and O–H groups in total. The van der Waals surface area contributed by atoms with E-state index < -0.39 is 0 Å². The largest absolute Gasteiger partial charge is 0.476 e. The average molecular weight is 208 g/mol. The molecule has 0 aliphatic heterocycles. The molecule has 0 aliphatic rings. The van der Waals surface area contributed by atoms with Crippen molar-refractivity contribution in [2.24, 2.45) is 5.41 Å². The molecule has 3 nitrogen and oxygen atoms in total. The first-order valence-corrected chi connectivity index (χ1v) is 5.31. The summed E-state index contributed by atoms with van der Waals surface area (Å²) in [6.45, 7) is 11.1. The molecule has 0 unspecified atom stereocenters. The minimum Gasteiger partial charge on any atom is -0.476 e. The maximum atomic E-state index is 5.62. The van der Waals surface area contributed by atoms with E-state index in [1.165, 1.54) is 0 Å². The van der Waals surface area contributed by atoms with Gasteiger partial charge in [-0.15, -0.1) is 0 Å². The van der Waals surface area contributed by atoms with Crippen LogP contribution in [-0.4, -0.2) is 16.6 Å². The predicted molar refractivity (Wildman–Crippen MR) is 61.1 cm³/mol. The average Bonchev–Trinajstić information content (AvgIpc) is 2.09. The van der Waals surface area contributed by atoms with Crippen molar-refractivity contribution in [3.63, 3.8) is 0 Å². The molecule has 1 aromatic rings. The standard InChI is InChI=1S/C12H20N2O/c1-9-8-13-10(2)11(14-9)15-7-6-12(3,4)5/h8H,6-7H2,1-5H3. The van der Waals surface area contributed by atoms with Gasteiger partial charge in [0, 0.05) is 6.20 Å². The van der Waals surface area contributed by atoms with Crippen LogP contribution in [0.3, 0.4) is 0 Å². The van der Waals surface area contributed by atoms with E-state index in [9.17, 15) is 0 Å². The number of nitrogens with zero attached hydrogens (tertiary/aromatic N) is 2. The van der Waals surface area contributed by atoms with Crippen LogP contribution in [0.15, 0.2) is 6.20 Å². The molecule has 0 saturated carbocycles. The topological polar surface area (TPSA) is 35.0 Å². The van der Waals surface area contributed by atoms with Crippen LogP contribution in [0.1, 0.15) is 38.6 Å². The monoisotopic (exact) mass is 208 g/mol. The first-order valence-electron chi connectivity index (χ1n) is 5.31. The Morgan fingerprint density at radius 1 is 1.27 bits per heavy atom. The van der Waals surface area contributed by atoms with Gasteiger partial charge in [0.2, 0.25) is 5.88 Å². The Morgan fingerprint density at radius 2 is 1.93 bits per heavy atom. The molecule has 84 valence electrons. The van der Waals surface area contributed by atoms with Crippen molar-refractivity contribution in [3.8, 4) is 5.88 Å². The summed E-state index contributed by atoms with van der Waals surface area (Å²) in [5.74, 6) is 0.666. The molecule has 0 atom stereocenters. The van der Waals surface area contributed by atoms with Crippen LogP contribution in [0.25, 0.3) is 0 Å². The molecule has 3 heteroatoms. The second kappa shape index (κ2) is 4.60. The third kappa shape index (κ3) is 4.28. The molecule has 1 heterocycles. The van der Waals surface area contributed by atoms with E-state index in [4.69, 9.17) is 4.74 Å². The van der Waals surface area contributed by atoms with E-state index in [1.54, 1.807) is 6.20 Å². The number of aryl methyl sites for hydroxylation is 2. The third-order valence-electron chi connectivity index (χ3n) is 2.12. The van der Waals surface area contributed by atoms with Gasteiger partial charge in [-0.3, -0.25) is 4.98 Å². The Labute approximate surface area is 91.9 Å². The maximum Gasteiger partial charge on any atom is 0.235 e. The normalized spacial score (nSPS) is 11.5. The zero-order chi connectivity index (χ0) is 11.5. The van der Waals surface area contributed by atoms with Gasteiger partial charge in [-0.1, -0.05) is 20.8 Å². The number of aromatic nitrogens is 2. The fourth-order valence-electron chi connectivity index (χ4n) is 1.11. The molecule has 0 spiro atoms. The van der Waals surface area contributed by atoms with Crippen molar-refractivity contribution < 1.29 is 4.74 Å². The molecule has 0 aliphatic carbocycles. The second-order valence-corrected chi connectivity index (χ2v) is 5.06. The number of hydrogen-bond donors (Lipinski definition) is 0. The van der Waals surface area contributed by atoms with Gasteiger partial charge in [-0.05, 0) is 25.7 Å². The van der Waals surface area contributed by atoms with Crippen LogP contribution in [0.2, 0.25) is 0 Å². The molecule has 15 heavy (non-hydrogen) atoms. The molecular formula is C12H20N2O. The van der Waals surface area contributed by atoms with Crippen molar-refractivity contribution in [1.82, 2.24) is 9.97 Å². The second-order valence-electron chi connectivity index (χ2n) is 5.06. The molecule has 1 aromatic heterocycles. The summed E-state index contributed by atoms with van der Waals surface area (Å²) in [5, 5.41) is 0. The molecular weight excluding hydrogens is 188 g/mol. The van der Waals surface area contributed by atoms with Crippen LogP contribution in [-0.2, 0) is 0 Å². The molecule has 0 bridgehead atoms. The van der Waals surface area contributed by atoms with E-state index in [0.717, 1.165) is 17.8 Å². The maximum absolute atomic E-state index is 5.62. The Bertz CT molecular complexity index is 329. The quantitative estimate of drug-likeness (QED) is 0.766. The van der Waals surface area contributed by atoms with Crippen LogP contribution < -0.4 is 4.74 Å². The Morgan fingerprint density at radius 3 is 2.53 bits per heavy atom. The van der Waals surface area contributed by atoms with Crippen molar-refractivity contribution >= 4 is 0 Å². The highest BCUT2D eigenvalue weighted by atomic mass is 16.5. The summed E-state index contributed by atoms with van der Waals surface area (Å²) < 4.78 is 5.62. The highest BCUT2D eigenvalue weighted by Gasteiger charge is 2.11. The Hall–Kier alpha value is -1.12. The van der Waals surface area contributed by atoms with Crippen molar-refractivity contribution in [1.29, 1.82) is 0 Å². The lowest BCUT2D eigenvalue weighted by Crippen LogP contribution is -2.12. The summed E-state index contributed by atoms with van der Waals surface area (Å²) >= 11 is 0. The van der Waals surface area contributed by atoms with Gasteiger partial charge in [0.15, 0.2) is 0 Å². The Balaban J connectivity index is 2.54. The van der Waals surface area contributed by atoms with Crippen molar-refractivity contribution in [3.05, 3.63) is 17.6 Å². The fraction of sp³-hybridized carbons (Fsp3) is 0.667. The Kier molecular flexibility index (Phi) is 3.66. The van der Waals surface area contributed by atoms with Crippen LogP contribution in [0, 0.1) is 19.3 Å². The lowest BCUT2D eigenvalue weighted by atomic mass is 9.93. The number of rotatable bonds is 3. The highest BCUT2D eigenvalue weighted by Crippen LogP contribution is 2.19. The fourth-order valence-corrected chi connectivity index (χ4v) is 1.11. The van der Waals surface area contributed by atoms with Crippen molar-refractivity contribution in [2.75, 3.05) is 6.61 Å². The molecule has 0 fully saturated rings. The SMILES string of the molecule is Cc1cnc(C)c(OCCC(C)(C)C)n1. The van der Waals surface area contributed by atoms with Crippen LogP contribution in [0.5, 0.6) is 5.88 Å². The zero-order valence-corrected chi connectivity index (χ0v) is 10.3. The summed E-state index contributed by atoms with van der Waals surface area (Å²) in [7, 11) is 0. The van der Waals surface area contributed by atoms with Crippen molar-refractivity contribution in [2.45, 2.75) is 41.0 Å². The van der Waals surface area contributed by atoms with Gasteiger partial charge in [0.25, 0.3) is 0 Å². The van der Waals surface area contributed by atoms with E-state index in [2.05, 4.69) is 30.7 Å². The van der Waals surface area contributed by atoms with E-state index in [-0.39, 0.29) is 0 Å². The molecule has 1 rings (SSSR count). The lowest BCUT2D eigenvalue weighted by Gasteiger charge is -2.18. The van der Waals surface area contributed by atoms with Gasteiger partial charge in [0.1, 0.15) is 0 Å². The van der Waals surface area contributed by atoms with Gasteiger partial charge >= 0.3 is 0 Å². The van der Waals surface area contributed by atoms with E-state index >= 15 is 0 Å². The molecule has 0 amide bonds. The summed E-state index contributed by atoms with van der Waals surface area (Å²) in [6, 6.07) is 0. The predicted octanol–water partition coefficient (Wildman–Crippen LogP) is 2.91. The van der Waals surface area contributed by atoms with Gasteiger partial charge in [-0.2, -0.15) is 0 Å². The van der Waals surface area contributed by atoms with Crippen LogP contribution >= 0.6 is 0 Å². The molecule has 0 aromatic carbocycles. The van der Waals surface area contributed by atoms with Gasteiger partial charge in [0.05, 0.1) is 18.0 Å². The first-order chi connectivity index (χ1) is 6.88. The van der Waals surface area contributed by atoms with Gasteiger partial charge in [-0.25, -0.2) is 4.98 Å². The molecule has 0 saturated heterocycles. The zero-order valence-electron chi connectivity index (χ0n) is 10.3. The van der Waals surface area contributed by atoms with Crippen LogP contribution in [0.4, 0.5) is 0 Å². The smallest absolute Gasteiger partial charge is 0.235 e. The van der Waals surface area contributed by atoms with Gasteiger partial charge < -0.3 is 4.74 Å². The summed E-state index contributed by atoms with van der Waals surface area (Å²) in [4.78, 5) is 8.51. The number of hydrogen-bond acceptors (Lipinski definition) is 3.